The molecule has 0 saturated heterocycles. The van der Waals surface area contributed by atoms with E-state index in [1.54, 1.807) is 19.2 Å². The summed E-state index contributed by atoms with van der Waals surface area (Å²) >= 11 is 0. The molecule has 1 atom stereocenters. The molecule has 1 aromatic heterocycles. The summed E-state index contributed by atoms with van der Waals surface area (Å²) in [4.78, 5) is 3.19. The number of nitrogens with one attached hydrogen (secondary N) is 1. The molecule has 0 radical (unpaired) electrons. The van der Waals surface area contributed by atoms with Crippen LogP contribution in [0.1, 0.15) is 25.3 Å². The first-order valence-corrected chi connectivity index (χ1v) is 8.22. The van der Waals surface area contributed by atoms with E-state index in [1.165, 1.54) is 6.07 Å². The maximum absolute atomic E-state index is 13.4. The Morgan fingerprint density at radius 3 is 2.71 bits per heavy atom. The highest BCUT2D eigenvalue weighted by Crippen LogP contribution is 2.28. The van der Waals surface area contributed by atoms with Crippen LogP contribution in [0.25, 0.3) is 10.9 Å². The molecule has 0 aliphatic carbocycles. The monoisotopic (exact) mass is 327 g/mol. The Balaban J connectivity index is 1.56. The Labute approximate surface area is 141 Å². The Hall–Kier alpha value is -2.49. The Morgan fingerprint density at radius 2 is 1.92 bits per heavy atom. The van der Waals surface area contributed by atoms with Gasteiger partial charge in [-0.2, -0.15) is 0 Å². The van der Waals surface area contributed by atoms with Crippen molar-refractivity contribution in [2.45, 2.75) is 32.3 Å². The fraction of sp³-hybridized carbons (Fsp3) is 0.300. The molecule has 1 heterocycles. The van der Waals surface area contributed by atoms with Crippen molar-refractivity contribution in [2.75, 3.05) is 7.11 Å². The van der Waals surface area contributed by atoms with Crippen LogP contribution in [-0.4, -0.2) is 18.2 Å². The minimum absolute atomic E-state index is 0.0863. The third kappa shape index (κ3) is 3.70. The molecule has 3 nitrogen and oxygen atoms in total. The molecule has 0 fully saturated rings. The zero-order chi connectivity index (χ0) is 16.9. The summed E-state index contributed by atoms with van der Waals surface area (Å²) in [5, 5.41) is 0.966. The molecule has 4 heteroatoms. The molecule has 2 aromatic carbocycles. The number of benzene rings is 2. The summed E-state index contributed by atoms with van der Waals surface area (Å²) in [6.45, 7) is 2.06. The van der Waals surface area contributed by atoms with Gasteiger partial charge in [-0.25, -0.2) is 4.39 Å². The van der Waals surface area contributed by atoms with Crippen LogP contribution in [0, 0.1) is 5.82 Å². The molecular formula is C20H22FNO2. The molecule has 1 unspecified atom stereocenters. The van der Waals surface area contributed by atoms with Crippen molar-refractivity contribution in [1.82, 2.24) is 4.98 Å². The molecule has 3 aromatic rings. The van der Waals surface area contributed by atoms with Gasteiger partial charge < -0.3 is 14.5 Å². The summed E-state index contributed by atoms with van der Waals surface area (Å²) in [6.07, 6.45) is 4.84. The van der Waals surface area contributed by atoms with E-state index in [0.29, 0.717) is 0 Å². The minimum Gasteiger partial charge on any atom is -0.493 e. The van der Waals surface area contributed by atoms with Crippen LogP contribution in [0.2, 0.25) is 0 Å². The zero-order valence-electron chi connectivity index (χ0n) is 14.0. The molecular weight excluding hydrogens is 305 g/mol. The van der Waals surface area contributed by atoms with E-state index >= 15 is 0 Å². The summed E-state index contributed by atoms with van der Waals surface area (Å²) in [7, 11) is 1.64. The highest BCUT2D eigenvalue weighted by molar-refractivity contribution is 5.83. The first-order chi connectivity index (χ1) is 11.7. The first kappa shape index (κ1) is 16.4. The van der Waals surface area contributed by atoms with Crippen LogP contribution >= 0.6 is 0 Å². The van der Waals surface area contributed by atoms with E-state index < -0.39 is 0 Å². The largest absolute Gasteiger partial charge is 0.493 e. The number of aromatic amines is 1. The lowest BCUT2D eigenvalue weighted by atomic mass is 10.1. The van der Waals surface area contributed by atoms with Crippen molar-refractivity contribution in [3.8, 4) is 11.5 Å². The van der Waals surface area contributed by atoms with E-state index in [-0.39, 0.29) is 11.9 Å². The molecule has 126 valence electrons. The SMILES string of the molecule is COc1ccccc1OC(C)CCCc1c[nH]c2ccc(F)cc12. The second kappa shape index (κ2) is 7.39. The second-order valence-corrected chi connectivity index (χ2v) is 5.98. The number of ether oxygens (including phenoxy) is 2. The van der Waals surface area contributed by atoms with Gasteiger partial charge in [-0.15, -0.1) is 0 Å². The molecule has 0 aliphatic rings. The average Bonchev–Trinajstić information content (AvgIpc) is 2.97. The van der Waals surface area contributed by atoms with Crippen molar-refractivity contribution in [1.29, 1.82) is 0 Å². The van der Waals surface area contributed by atoms with E-state index in [0.717, 1.165) is 47.2 Å². The van der Waals surface area contributed by atoms with Gasteiger partial charge in [0.15, 0.2) is 11.5 Å². The van der Waals surface area contributed by atoms with Crippen molar-refractivity contribution in [3.05, 3.63) is 60.0 Å². The standard InChI is InChI=1S/C20H22FNO2/c1-14(24-20-9-4-3-8-19(20)23-2)6-5-7-15-13-22-18-11-10-16(21)12-17(15)18/h3-4,8-14,22H,5-7H2,1-2H3. The minimum atomic E-state index is -0.198. The lowest BCUT2D eigenvalue weighted by Crippen LogP contribution is -2.12. The predicted octanol–water partition coefficient (Wildman–Crippen LogP) is 5.11. The van der Waals surface area contributed by atoms with Crippen molar-refractivity contribution in [2.24, 2.45) is 0 Å². The van der Waals surface area contributed by atoms with Gasteiger partial charge in [0.05, 0.1) is 13.2 Å². The Bertz CT molecular complexity index is 812. The Kier molecular flexibility index (Phi) is 5.04. The van der Waals surface area contributed by atoms with Crippen molar-refractivity contribution < 1.29 is 13.9 Å². The van der Waals surface area contributed by atoms with Gasteiger partial charge in [-0.1, -0.05) is 12.1 Å². The molecule has 0 bridgehead atoms. The molecule has 1 N–H and O–H groups in total. The van der Waals surface area contributed by atoms with Gasteiger partial charge in [0.25, 0.3) is 0 Å². The summed E-state index contributed by atoms with van der Waals surface area (Å²) < 4.78 is 24.7. The number of halogens is 1. The summed E-state index contributed by atoms with van der Waals surface area (Å²) in [5.41, 5.74) is 2.12. The van der Waals surface area contributed by atoms with Crippen LogP contribution < -0.4 is 9.47 Å². The summed E-state index contributed by atoms with van der Waals surface area (Å²) in [6, 6.07) is 12.5. The molecule has 0 amide bonds. The number of rotatable bonds is 7. The fourth-order valence-electron chi connectivity index (χ4n) is 2.93. The van der Waals surface area contributed by atoms with E-state index in [1.807, 2.05) is 30.5 Å². The average molecular weight is 327 g/mol. The topological polar surface area (TPSA) is 34.2 Å². The number of hydrogen-bond donors (Lipinski definition) is 1. The van der Waals surface area contributed by atoms with E-state index in [4.69, 9.17) is 9.47 Å². The van der Waals surface area contributed by atoms with Gasteiger partial charge >= 0.3 is 0 Å². The van der Waals surface area contributed by atoms with Gasteiger partial charge in [0, 0.05) is 17.1 Å². The molecule has 0 saturated carbocycles. The molecule has 0 spiro atoms. The first-order valence-electron chi connectivity index (χ1n) is 8.22. The van der Waals surface area contributed by atoms with Gasteiger partial charge in [-0.05, 0) is 62.1 Å². The highest BCUT2D eigenvalue weighted by atomic mass is 19.1. The number of fused-ring (bicyclic) bond motifs is 1. The van der Waals surface area contributed by atoms with Gasteiger partial charge in [-0.3, -0.25) is 0 Å². The van der Waals surface area contributed by atoms with Crippen LogP contribution in [0.5, 0.6) is 11.5 Å². The number of aromatic nitrogens is 1. The maximum Gasteiger partial charge on any atom is 0.161 e. The van der Waals surface area contributed by atoms with Crippen molar-refractivity contribution in [3.63, 3.8) is 0 Å². The van der Waals surface area contributed by atoms with Crippen LogP contribution in [0.15, 0.2) is 48.7 Å². The number of aryl methyl sites for hydroxylation is 1. The van der Waals surface area contributed by atoms with E-state index in [2.05, 4.69) is 11.9 Å². The molecule has 0 aliphatic heterocycles. The number of para-hydroxylation sites is 2. The van der Waals surface area contributed by atoms with E-state index in [9.17, 15) is 4.39 Å². The number of methoxy groups -OCH3 is 1. The number of hydrogen-bond acceptors (Lipinski definition) is 2. The normalized spacial score (nSPS) is 12.3. The predicted molar refractivity (Wildman–Crippen MR) is 94.3 cm³/mol. The lowest BCUT2D eigenvalue weighted by molar-refractivity contribution is 0.199. The third-order valence-electron chi connectivity index (χ3n) is 4.18. The molecule has 24 heavy (non-hydrogen) atoms. The quantitative estimate of drug-likeness (QED) is 0.654. The van der Waals surface area contributed by atoms with Crippen LogP contribution in [0.4, 0.5) is 4.39 Å². The number of H-pyrrole nitrogens is 1. The summed E-state index contributed by atoms with van der Waals surface area (Å²) in [5.74, 6) is 1.31. The highest BCUT2D eigenvalue weighted by Gasteiger charge is 2.10. The Morgan fingerprint density at radius 1 is 1.12 bits per heavy atom. The smallest absolute Gasteiger partial charge is 0.161 e. The van der Waals surface area contributed by atoms with Crippen LogP contribution in [-0.2, 0) is 6.42 Å². The van der Waals surface area contributed by atoms with Crippen molar-refractivity contribution >= 4 is 10.9 Å². The third-order valence-corrected chi connectivity index (χ3v) is 4.18. The van der Waals surface area contributed by atoms with Gasteiger partial charge in [0.2, 0.25) is 0 Å². The fourth-order valence-corrected chi connectivity index (χ4v) is 2.93. The lowest BCUT2D eigenvalue weighted by Gasteiger charge is -2.16. The van der Waals surface area contributed by atoms with Crippen LogP contribution in [0.3, 0.4) is 0 Å². The zero-order valence-corrected chi connectivity index (χ0v) is 14.0. The second-order valence-electron chi connectivity index (χ2n) is 5.98. The van der Waals surface area contributed by atoms with Gasteiger partial charge in [0.1, 0.15) is 5.82 Å². The maximum atomic E-state index is 13.4. The molecule has 3 rings (SSSR count).